The highest BCUT2D eigenvalue weighted by Crippen LogP contribution is 2.20. The van der Waals surface area contributed by atoms with Gasteiger partial charge in [0.05, 0.1) is 0 Å². The summed E-state index contributed by atoms with van der Waals surface area (Å²) in [5.74, 6) is 0.294. The minimum absolute atomic E-state index is 0.269. The van der Waals surface area contributed by atoms with Gasteiger partial charge in [-0.1, -0.05) is 0 Å². The summed E-state index contributed by atoms with van der Waals surface area (Å²) in [5.41, 5.74) is 0.844. The molecule has 16 heavy (non-hydrogen) atoms. The first-order valence-electron chi connectivity index (χ1n) is 5.51. The van der Waals surface area contributed by atoms with E-state index >= 15 is 0 Å². The molecule has 0 bridgehead atoms. The van der Waals surface area contributed by atoms with Crippen LogP contribution in [0.25, 0.3) is 0 Å². The average Bonchev–Trinajstić information content (AvgIpc) is 2.54. The van der Waals surface area contributed by atoms with Crippen LogP contribution in [0, 0.1) is 0 Å². The first-order chi connectivity index (χ1) is 7.67. The van der Waals surface area contributed by atoms with Crippen molar-refractivity contribution in [1.82, 2.24) is 0 Å². The fourth-order valence-electron chi connectivity index (χ4n) is 1.43. The Hall–Kier alpha value is -1.13. The minimum Gasteiger partial charge on any atom is -0.423 e. The Morgan fingerprint density at radius 3 is 2.44 bits per heavy atom. The summed E-state index contributed by atoms with van der Waals surface area (Å²) >= 11 is 0. The molecule has 1 rings (SSSR count). The summed E-state index contributed by atoms with van der Waals surface area (Å²) in [6.07, 6.45) is 3.61. The summed E-state index contributed by atoms with van der Waals surface area (Å²) in [6, 6.07) is 0. The van der Waals surface area contributed by atoms with Crippen molar-refractivity contribution in [3.05, 3.63) is 23.5 Å². The molecule has 90 valence electrons. The van der Waals surface area contributed by atoms with Crippen molar-refractivity contribution in [2.75, 3.05) is 13.2 Å². The van der Waals surface area contributed by atoms with Crippen molar-refractivity contribution in [3.63, 3.8) is 0 Å². The van der Waals surface area contributed by atoms with Crippen LogP contribution in [0.3, 0.4) is 0 Å². The van der Waals surface area contributed by atoms with Crippen molar-refractivity contribution in [2.45, 2.75) is 33.5 Å². The van der Waals surface area contributed by atoms with Gasteiger partial charge >= 0.3 is 5.97 Å². The number of esters is 1. The molecule has 0 aromatic carbocycles. The summed E-state index contributed by atoms with van der Waals surface area (Å²) in [4.78, 5) is 11.0. The largest absolute Gasteiger partial charge is 0.423 e. The van der Waals surface area contributed by atoms with Crippen molar-refractivity contribution >= 4 is 5.97 Å². The number of rotatable bonds is 6. The van der Waals surface area contributed by atoms with Crippen LogP contribution in [0.4, 0.5) is 0 Å². The van der Waals surface area contributed by atoms with E-state index in [2.05, 4.69) is 0 Å². The molecule has 0 fully saturated rings. The molecule has 0 aliphatic carbocycles. The molecule has 0 saturated carbocycles. The van der Waals surface area contributed by atoms with Crippen molar-refractivity contribution in [1.29, 1.82) is 0 Å². The second-order valence-corrected chi connectivity index (χ2v) is 3.39. The van der Waals surface area contributed by atoms with Gasteiger partial charge in [0, 0.05) is 25.7 Å². The summed E-state index contributed by atoms with van der Waals surface area (Å²) < 4.78 is 15.8. The van der Waals surface area contributed by atoms with Crippen LogP contribution in [0.5, 0.6) is 0 Å². The standard InChI is InChI=1S/C12H18O4/c1-4-14-12(15-5-2)7-6-10-9(3)8-11(13)16-10/h6,8,12H,4-5,7H2,1-3H3/b10-6+. The van der Waals surface area contributed by atoms with Crippen LogP contribution >= 0.6 is 0 Å². The van der Waals surface area contributed by atoms with Gasteiger partial charge in [-0.15, -0.1) is 0 Å². The Kier molecular flexibility index (Phi) is 5.22. The predicted molar refractivity (Wildman–Crippen MR) is 59.6 cm³/mol. The molecular formula is C12H18O4. The Balaban J connectivity index is 2.50. The molecular weight excluding hydrogens is 208 g/mol. The predicted octanol–water partition coefficient (Wildman–Crippen LogP) is 2.16. The monoisotopic (exact) mass is 226 g/mol. The molecule has 0 radical (unpaired) electrons. The van der Waals surface area contributed by atoms with E-state index in [0.29, 0.717) is 25.4 Å². The molecule has 0 unspecified atom stereocenters. The van der Waals surface area contributed by atoms with Gasteiger partial charge in [-0.2, -0.15) is 0 Å². The van der Waals surface area contributed by atoms with Crippen LogP contribution in [0.15, 0.2) is 23.5 Å². The third-order valence-electron chi connectivity index (χ3n) is 2.13. The quantitative estimate of drug-likeness (QED) is 0.514. The van der Waals surface area contributed by atoms with Crippen LogP contribution < -0.4 is 0 Å². The number of hydrogen-bond donors (Lipinski definition) is 0. The van der Waals surface area contributed by atoms with Crippen LogP contribution in [0.2, 0.25) is 0 Å². The first-order valence-corrected chi connectivity index (χ1v) is 5.51. The van der Waals surface area contributed by atoms with E-state index < -0.39 is 0 Å². The van der Waals surface area contributed by atoms with E-state index in [4.69, 9.17) is 14.2 Å². The maximum atomic E-state index is 11.0. The summed E-state index contributed by atoms with van der Waals surface area (Å²) in [5, 5.41) is 0. The lowest BCUT2D eigenvalue weighted by molar-refractivity contribution is -0.135. The SMILES string of the molecule is CCOC(C/C=C1/OC(=O)C=C1C)OCC. The molecule has 0 amide bonds. The van der Waals surface area contributed by atoms with Gasteiger partial charge in [0.2, 0.25) is 0 Å². The van der Waals surface area contributed by atoms with E-state index in [1.54, 1.807) is 0 Å². The lowest BCUT2D eigenvalue weighted by Gasteiger charge is -2.15. The molecule has 1 aliphatic rings. The molecule has 0 aromatic rings. The Morgan fingerprint density at radius 2 is 2.00 bits per heavy atom. The van der Waals surface area contributed by atoms with Crippen molar-refractivity contribution < 1.29 is 19.0 Å². The number of hydrogen-bond acceptors (Lipinski definition) is 4. The van der Waals surface area contributed by atoms with Crippen molar-refractivity contribution in [2.24, 2.45) is 0 Å². The van der Waals surface area contributed by atoms with E-state index in [1.807, 2.05) is 26.8 Å². The zero-order valence-electron chi connectivity index (χ0n) is 9.99. The van der Waals surface area contributed by atoms with Crippen LogP contribution in [-0.4, -0.2) is 25.5 Å². The normalized spacial score (nSPS) is 18.1. The van der Waals surface area contributed by atoms with Gasteiger partial charge in [0.1, 0.15) is 5.76 Å². The highest BCUT2D eigenvalue weighted by molar-refractivity contribution is 5.88. The second kappa shape index (κ2) is 6.45. The fourth-order valence-corrected chi connectivity index (χ4v) is 1.43. The van der Waals surface area contributed by atoms with Crippen molar-refractivity contribution in [3.8, 4) is 0 Å². The third-order valence-corrected chi connectivity index (χ3v) is 2.13. The fraction of sp³-hybridized carbons (Fsp3) is 0.583. The topological polar surface area (TPSA) is 44.8 Å². The first kappa shape index (κ1) is 12.9. The van der Waals surface area contributed by atoms with Gasteiger partial charge < -0.3 is 14.2 Å². The zero-order valence-corrected chi connectivity index (χ0v) is 9.99. The minimum atomic E-state index is -0.312. The molecule has 4 heteroatoms. The van der Waals surface area contributed by atoms with E-state index in [-0.39, 0.29) is 12.3 Å². The summed E-state index contributed by atoms with van der Waals surface area (Å²) in [7, 11) is 0. The van der Waals surface area contributed by atoms with Gasteiger partial charge in [-0.25, -0.2) is 4.79 Å². The molecule has 0 saturated heterocycles. The Morgan fingerprint density at radius 1 is 1.38 bits per heavy atom. The highest BCUT2D eigenvalue weighted by atomic mass is 16.7. The average molecular weight is 226 g/mol. The van der Waals surface area contributed by atoms with Crippen LogP contribution in [-0.2, 0) is 19.0 Å². The third kappa shape index (κ3) is 3.79. The summed E-state index contributed by atoms with van der Waals surface area (Å²) in [6.45, 7) is 6.87. The van der Waals surface area contributed by atoms with E-state index in [1.165, 1.54) is 6.08 Å². The Labute approximate surface area is 95.9 Å². The van der Waals surface area contributed by atoms with Gasteiger partial charge in [-0.3, -0.25) is 0 Å². The van der Waals surface area contributed by atoms with E-state index in [0.717, 1.165) is 5.57 Å². The number of carbonyl (C=O) groups is 1. The van der Waals surface area contributed by atoms with Gasteiger partial charge in [0.15, 0.2) is 6.29 Å². The molecule has 1 aliphatic heterocycles. The van der Waals surface area contributed by atoms with Gasteiger partial charge in [0.25, 0.3) is 0 Å². The molecule has 0 atom stereocenters. The molecule has 0 spiro atoms. The Bertz CT molecular complexity index is 298. The maximum Gasteiger partial charge on any atom is 0.336 e. The highest BCUT2D eigenvalue weighted by Gasteiger charge is 2.16. The second-order valence-electron chi connectivity index (χ2n) is 3.39. The number of carbonyl (C=O) groups excluding carboxylic acids is 1. The molecule has 0 N–H and O–H groups in total. The van der Waals surface area contributed by atoms with Gasteiger partial charge in [-0.05, 0) is 32.4 Å². The maximum absolute atomic E-state index is 11.0. The molecule has 1 heterocycles. The number of allylic oxidation sites excluding steroid dienone is 1. The lowest BCUT2D eigenvalue weighted by Crippen LogP contribution is -2.16. The van der Waals surface area contributed by atoms with E-state index in [9.17, 15) is 4.79 Å². The molecule has 4 nitrogen and oxygen atoms in total. The smallest absolute Gasteiger partial charge is 0.336 e. The molecule has 0 aromatic heterocycles. The number of ether oxygens (including phenoxy) is 3. The van der Waals surface area contributed by atoms with Crippen LogP contribution in [0.1, 0.15) is 27.2 Å². The number of cyclic esters (lactones) is 1. The zero-order chi connectivity index (χ0) is 12.0. The lowest BCUT2D eigenvalue weighted by atomic mass is 10.2.